The number of esters is 1. The molecule has 0 saturated heterocycles. The molecular weight excluding hydrogens is 339 g/mol. The van der Waals surface area contributed by atoms with Crippen LogP contribution in [0.4, 0.5) is 14.9 Å². The van der Waals surface area contributed by atoms with Crippen molar-refractivity contribution in [3.8, 4) is 0 Å². The van der Waals surface area contributed by atoms with Gasteiger partial charge in [-0.05, 0) is 23.6 Å². The second-order valence-corrected chi connectivity index (χ2v) is 5.66. The number of rotatable bonds is 6. The highest BCUT2D eigenvalue weighted by Crippen LogP contribution is 2.18. The molecule has 3 amide bonds. The van der Waals surface area contributed by atoms with Crippen LogP contribution >= 0.6 is 0 Å². The van der Waals surface area contributed by atoms with E-state index >= 15 is 0 Å². The third kappa shape index (κ3) is 6.01. The van der Waals surface area contributed by atoms with Crippen LogP contribution in [-0.2, 0) is 14.3 Å². The molecule has 0 saturated carbocycles. The van der Waals surface area contributed by atoms with Crippen molar-refractivity contribution in [2.24, 2.45) is 0 Å². The largest absolute Gasteiger partial charge is 0.456 e. The van der Waals surface area contributed by atoms with Crippen molar-refractivity contribution in [3.63, 3.8) is 0 Å². The third-order valence-electron chi connectivity index (χ3n) is 3.58. The number of urea groups is 1. The minimum Gasteiger partial charge on any atom is -0.456 e. The second-order valence-electron chi connectivity index (χ2n) is 5.66. The highest BCUT2D eigenvalue weighted by molar-refractivity contribution is 6.01. The first-order valence-corrected chi connectivity index (χ1v) is 8.01. The zero-order chi connectivity index (χ0) is 18.9. The van der Waals surface area contributed by atoms with Crippen molar-refractivity contribution in [3.05, 3.63) is 66.0 Å². The Labute approximate surface area is 150 Å². The quantitative estimate of drug-likeness (QED) is 0.777. The van der Waals surface area contributed by atoms with Crippen LogP contribution in [0.15, 0.2) is 54.6 Å². The lowest BCUT2D eigenvalue weighted by atomic mass is 9.98. The number of nitrogens with one attached hydrogen (secondary N) is 2. The molecule has 7 heteroatoms. The molecule has 0 radical (unpaired) electrons. The predicted molar refractivity (Wildman–Crippen MR) is 94.0 cm³/mol. The predicted octanol–water partition coefficient (Wildman–Crippen LogP) is 3.21. The standard InChI is InChI=1S/C19H19FN2O4/c1-13(14-7-3-2-4-8-14)11-18(24)26-12-17(23)22-19(25)21-16-10-6-5-9-15(16)20/h2-10,13H,11-12H2,1H3,(H2,21,22,23,25)/t13-/m1/s1. The molecule has 2 N–H and O–H groups in total. The Morgan fingerprint density at radius 1 is 1.04 bits per heavy atom. The molecule has 0 aromatic heterocycles. The summed E-state index contributed by atoms with van der Waals surface area (Å²) in [4.78, 5) is 35.1. The lowest BCUT2D eigenvalue weighted by Gasteiger charge is -2.11. The van der Waals surface area contributed by atoms with E-state index in [1.807, 2.05) is 42.6 Å². The van der Waals surface area contributed by atoms with E-state index < -0.39 is 30.3 Å². The van der Waals surface area contributed by atoms with Gasteiger partial charge in [0, 0.05) is 0 Å². The summed E-state index contributed by atoms with van der Waals surface area (Å²) < 4.78 is 18.3. The van der Waals surface area contributed by atoms with E-state index in [-0.39, 0.29) is 18.0 Å². The van der Waals surface area contributed by atoms with Crippen LogP contribution in [0.5, 0.6) is 0 Å². The topological polar surface area (TPSA) is 84.5 Å². The highest BCUT2D eigenvalue weighted by atomic mass is 19.1. The number of benzene rings is 2. The summed E-state index contributed by atoms with van der Waals surface area (Å²) in [6.45, 7) is 1.28. The molecule has 2 aromatic carbocycles. The minimum atomic E-state index is -0.909. The fraction of sp³-hybridized carbons (Fsp3) is 0.211. The zero-order valence-electron chi connectivity index (χ0n) is 14.2. The maximum Gasteiger partial charge on any atom is 0.326 e. The first kappa shape index (κ1) is 19.1. The number of imide groups is 1. The number of para-hydroxylation sites is 1. The lowest BCUT2D eigenvalue weighted by Crippen LogP contribution is -2.37. The minimum absolute atomic E-state index is 0.0592. The molecular formula is C19H19FN2O4. The van der Waals surface area contributed by atoms with Crippen LogP contribution in [0.3, 0.4) is 0 Å². The molecule has 0 heterocycles. The van der Waals surface area contributed by atoms with Crippen LogP contribution in [0.2, 0.25) is 0 Å². The van der Waals surface area contributed by atoms with Crippen LogP contribution in [0.1, 0.15) is 24.8 Å². The van der Waals surface area contributed by atoms with Gasteiger partial charge in [-0.2, -0.15) is 0 Å². The van der Waals surface area contributed by atoms with E-state index in [2.05, 4.69) is 5.32 Å². The molecule has 6 nitrogen and oxygen atoms in total. The Hall–Kier alpha value is -3.22. The first-order chi connectivity index (χ1) is 12.5. The number of halogens is 1. The van der Waals surface area contributed by atoms with Gasteiger partial charge in [-0.3, -0.25) is 14.9 Å². The molecule has 0 aliphatic heterocycles. The van der Waals surface area contributed by atoms with Gasteiger partial charge >= 0.3 is 12.0 Å². The molecule has 0 unspecified atom stereocenters. The van der Waals surface area contributed by atoms with E-state index in [0.717, 1.165) is 5.56 Å². The van der Waals surface area contributed by atoms with Gasteiger partial charge in [0.15, 0.2) is 6.61 Å². The van der Waals surface area contributed by atoms with Crippen molar-refractivity contribution >= 4 is 23.6 Å². The van der Waals surface area contributed by atoms with E-state index in [0.29, 0.717) is 0 Å². The Kier molecular flexibility index (Phi) is 6.84. The van der Waals surface area contributed by atoms with Gasteiger partial charge in [0.25, 0.3) is 5.91 Å². The van der Waals surface area contributed by atoms with Crippen molar-refractivity contribution < 1.29 is 23.5 Å². The molecule has 0 spiro atoms. The van der Waals surface area contributed by atoms with Crippen LogP contribution in [-0.4, -0.2) is 24.5 Å². The van der Waals surface area contributed by atoms with Crippen molar-refractivity contribution in [2.45, 2.75) is 19.3 Å². The van der Waals surface area contributed by atoms with E-state index in [4.69, 9.17) is 4.74 Å². The second kappa shape index (κ2) is 9.31. The normalized spacial score (nSPS) is 11.3. The average molecular weight is 358 g/mol. The fourth-order valence-corrected chi connectivity index (χ4v) is 2.23. The number of carbonyl (C=O) groups excluding carboxylic acids is 3. The Morgan fingerprint density at radius 3 is 2.38 bits per heavy atom. The van der Waals surface area contributed by atoms with Crippen LogP contribution < -0.4 is 10.6 Å². The van der Waals surface area contributed by atoms with Gasteiger partial charge in [-0.1, -0.05) is 49.4 Å². The van der Waals surface area contributed by atoms with Gasteiger partial charge in [0.2, 0.25) is 0 Å². The molecule has 0 bridgehead atoms. The van der Waals surface area contributed by atoms with Crippen LogP contribution in [0.25, 0.3) is 0 Å². The molecule has 2 rings (SSSR count). The van der Waals surface area contributed by atoms with Gasteiger partial charge in [0.1, 0.15) is 5.82 Å². The number of anilines is 1. The summed E-state index contributed by atoms with van der Waals surface area (Å²) in [7, 11) is 0. The molecule has 26 heavy (non-hydrogen) atoms. The average Bonchev–Trinajstić information content (AvgIpc) is 2.62. The van der Waals surface area contributed by atoms with Gasteiger partial charge in [0.05, 0.1) is 12.1 Å². The molecule has 0 aliphatic carbocycles. The van der Waals surface area contributed by atoms with E-state index in [9.17, 15) is 18.8 Å². The van der Waals surface area contributed by atoms with Crippen molar-refractivity contribution in [2.75, 3.05) is 11.9 Å². The molecule has 2 aromatic rings. The molecule has 0 fully saturated rings. The van der Waals surface area contributed by atoms with Crippen molar-refractivity contribution in [1.29, 1.82) is 0 Å². The number of hydrogen-bond acceptors (Lipinski definition) is 4. The van der Waals surface area contributed by atoms with Crippen LogP contribution in [0, 0.1) is 5.82 Å². The lowest BCUT2D eigenvalue weighted by molar-refractivity contribution is -0.148. The molecule has 1 atom stereocenters. The van der Waals surface area contributed by atoms with Crippen molar-refractivity contribution in [1.82, 2.24) is 5.32 Å². The number of ether oxygens (including phenoxy) is 1. The summed E-state index contributed by atoms with van der Waals surface area (Å²) in [5.41, 5.74) is 0.921. The van der Waals surface area contributed by atoms with Gasteiger partial charge in [-0.15, -0.1) is 0 Å². The van der Waals surface area contributed by atoms with Gasteiger partial charge < -0.3 is 10.1 Å². The molecule has 0 aliphatic rings. The number of carbonyl (C=O) groups is 3. The summed E-state index contributed by atoms with van der Waals surface area (Å²) in [5, 5.41) is 4.16. The fourth-order valence-electron chi connectivity index (χ4n) is 2.23. The smallest absolute Gasteiger partial charge is 0.326 e. The maximum atomic E-state index is 13.4. The SMILES string of the molecule is C[C@H](CC(=O)OCC(=O)NC(=O)Nc1ccccc1F)c1ccccc1. The first-order valence-electron chi connectivity index (χ1n) is 8.01. The summed E-state index contributed by atoms with van der Waals surface area (Å²) >= 11 is 0. The Balaban J connectivity index is 1.73. The third-order valence-corrected chi connectivity index (χ3v) is 3.58. The monoisotopic (exact) mass is 358 g/mol. The van der Waals surface area contributed by atoms with E-state index in [1.165, 1.54) is 24.3 Å². The van der Waals surface area contributed by atoms with E-state index in [1.54, 1.807) is 0 Å². The van der Waals surface area contributed by atoms with Gasteiger partial charge in [-0.25, -0.2) is 9.18 Å². The maximum absolute atomic E-state index is 13.4. The highest BCUT2D eigenvalue weighted by Gasteiger charge is 2.15. The summed E-state index contributed by atoms with van der Waals surface area (Å²) in [6.07, 6.45) is 0.110. The summed E-state index contributed by atoms with van der Waals surface area (Å²) in [5.74, 6) is -2.04. The Morgan fingerprint density at radius 2 is 1.69 bits per heavy atom. The number of hydrogen-bond donors (Lipinski definition) is 2. The summed E-state index contributed by atoms with van der Waals surface area (Å²) in [6, 6.07) is 14.1. The number of amides is 3. The zero-order valence-corrected chi connectivity index (χ0v) is 14.2. The molecule has 136 valence electrons. The Bertz CT molecular complexity index is 780.